The molecule has 0 unspecified atom stereocenters. The van der Waals surface area contributed by atoms with E-state index in [1.54, 1.807) is 17.5 Å². The van der Waals surface area contributed by atoms with E-state index in [0.29, 0.717) is 0 Å². The highest BCUT2D eigenvalue weighted by Gasteiger charge is 2.03. The van der Waals surface area contributed by atoms with Crippen LogP contribution in [0.15, 0.2) is 35.2 Å². The fraction of sp³-hybridized carbons (Fsp3) is 0.0833. The van der Waals surface area contributed by atoms with Crippen LogP contribution in [0.4, 0.5) is 11.4 Å². The number of hydrogen-bond donors (Lipinski definition) is 3. The Hall–Kier alpha value is -2.01. The predicted molar refractivity (Wildman–Crippen MR) is 72.2 cm³/mol. The lowest BCUT2D eigenvalue weighted by Crippen LogP contribution is -2.01. The molecule has 0 bridgehead atoms. The summed E-state index contributed by atoms with van der Waals surface area (Å²) in [5, 5.41) is 15.5. The molecule has 0 spiro atoms. The van der Waals surface area contributed by atoms with Crippen molar-refractivity contribution in [2.24, 2.45) is 0 Å². The monoisotopic (exact) mass is 244 g/mol. The third-order valence-corrected chi connectivity index (χ3v) is 3.41. The summed E-state index contributed by atoms with van der Waals surface area (Å²) in [6.07, 6.45) is 1.77. The predicted octanol–water partition coefficient (Wildman–Crippen LogP) is 2.82. The number of aromatic nitrogens is 2. The number of aromatic amines is 1. The number of thiophene rings is 1. The van der Waals surface area contributed by atoms with Crippen molar-refractivity contribution in [3.8, 4) is 0 Å². The third kappa shape index (κ3) is 1.97. The van der Waals surface area contributed by atoms with Gasteiger partial charge in [-0.3, -0.25) is 5.10 Å². The third-order valence-electron chi connectivity index (χ3n) is 2.67. The number of nitrogen functional groups attached to an aromatic ring is 1. The molecule has 0 aliphatic carbocycles. The van der Waals surface area contributed by atoms with Crippen LogP contribution in [0.3, 0.4) is 0 Å². The van der Waals surface area contributed by atoms with Gasteiger partial charge in [0.05, 0.1) is 23.1 Å². The number of fused-ring (bicyclic) bond motifs is 1. The van der Waals surface area contributed by atoms with Gasteiger partial charge in [0.2, 0.25) is 0 Å². The average Bonchev–Trinajstić information content (AvgIpc) is 2.95. The van der Waals surface area contributed by atoms with Crippen molar-refractivity contribution in [2.45, 2.75) is 6.54 Å². The molecule has 4 nitrogen and oxygen atoms in total. The molecule has 1 aromatic carbocycles. The second-order valence-corrected chi connectivity index (χ2v) is 4.66. The van der Waals surface area contributed by atoms with E-state index in [0.717, 1.165) is 28.8 Å². The molecular weight excluding hydrogens is 232 g/mol. The lowest BCUT2D eigenvalue weighted by Gasteiger charge is -2.08. The van der Waals surface area contributed by atoms with Gasteiger partial charge in [0.1, 0.15) is 0 Å². The molecule has 0 saturated heterocycles. The van der Waals surface area contributed by atoms with E-state index in [-0.39, 0.29) is 0 Å². The molecule has 0 radical (unpaired) electrons. The number of H-pyrrole nitrogens is 1. The standard InChI is InChI=1S/C12H12N4S/c13-10-3-9-6-15-16-11(9)4-12(10)14-5-8-1-2-17-7-8/h1-4,6-7,14H,5,13H2,(H,15,16). The molecule has 2 aromatic heterocycles. The smallest absolute Gasteiger partial charge is 0.0672 e. The van der Waals surface area contributed by atoms with Crippen LogP contribution >= 0.6 is 11.3 Å². The molecule has 17 heavy (non-hydrogen) atoms. The van der Waals surface area contributed by atoms with Crippen molar-refractivity contribution in [2.75, 3.05) is 11.1 Å². The molecule has 0 saturated carbocycles. The summed E-state index contributed by atoms with van der Waals surface area (Å²) in [5.74, 6) is 0. The Labute approximate surface area is 102 Å². The first-order valence-electron chi connectivity index (χ1n) is 5.30. The second kappa shape index (κ2) is 4.10. The highest BCUT2D eigenvalue weighted by molar-refractivity contribution is 7.07. The van der Waals surface area contributed by atoms with Crippen LogP contribution in [0.2, 0.25) is 0 Å². The minimum atomic E-state index is 0.745. The quantitative estimate of drug-likeness (QED) is 0.621. The zero-order valence-corrected chi connectivity index (χ0v) is 9.92. The van der Waals surface area contributed by atoms with Gasteiger partial charge in [0.25, 0.3) is 0 Å². The molecule has 0 amide bonds. The van der Waals surface area contributed by atoms with Gasteiger partial charge in [0, 0.05) is 11.9 Å². The highest BCUT2D eigenvalue weighted by Crippen LogP contribution is 2.25. The Morgan fingerprint density at radius 2 is 2.35 bits per heavy atom. The van der Waals surface area contributed by atoms with Crippen LogP contribution in [-0.2, 0) is 6.54 Å². The summed E-state index contributed by atoms with van der Waals surface area (Å²) in [5.41, 5.74) is 9.92. The van der Waals surface area contributed by atoms with E-state index >= 15 is 0 Å². The fourth-order valence-corrected chi connectivity index (χ4v) is 2.42. The summed E-state index contributed by atoms with van der Waals surface area (Å²) >= 11 is 1.70. The first-order valence-corrected chi connectivity index (χ1v) is 6.25. The Balaban J connectivity index is 1.86. The molecule has 3 rings (SSSR count). The first kappa shape index (κ1) is 10.2. The van der Waals surface area contributed by atoms with Crippen LogP contribution in [-0.4, -0.2) is 10.2 Å². The molecular formula is C12H12N4S. The van der Waals surface area contributed by atoms with Crippen molar-refractivity contribution in [1.29, 1.82) is 0 Å². The van der Waals surface area contributed by atoms with Crippen LogP contribution in [0, 0.1) is 0 Å². The van der Waals surface area contributed by atoms with Gasteiger partial charge in [-0.05, 0) is 34.5 Å². The molecule has 2 heterocycles. The summed E-state index contributed by atoms with van der Waals surface area (Å²) in [6.45, 7) is 0.785. The minimum absolute atomic E-state index is 0.745. The van der Waals surface area contributed by atoms with Gasteiger partial charge < -0.3 is 11.1 Å². The molecule has 86 valence electrons. The molecule has 3 aromatic rings. The van der Waals surface area contributed by atoms with Gasteiger partial charge >= 0.3 is 0 Å². The second-order valence-electron chi connectivity index (χ2n) is 3.88. The highest BCUT2D eigenvalue weighted by atomic mass is 32.1. The van der Waals surface area contributed by atoms with E-state index in [9.17, 15) is 0 Å². The number of anilines is 2. The van der Waals surface area contributed by atoms with Gasteiger partial charge in [0.15, 0.2) is 0 Å². The summed E-state index contributed by atoms with van der Waals surface area (Å²) in [7, 11) is 0. The zero-order valence-electron chi connectivity index (χ0n) is 9.10. The molecule has 0 aliphatic rings. The largest absolute Gasteiger partial charge is 0.397 e. The molecule has 4 N–H and O–H groups in total. The van der Waals surface area contributed by atoms with E-state index in [1.807, 2.05) is 12.1 Å². The van der Waals surface area contributed by atoms with Crippen molar-refractivity contribution in [1.82, 2.24) is 10.2 Å². The van der Waals surface area contributed by atoms with Gasteiger partial charge in [-0.15, -0.1) is 0 Å². The van der Waals surface area contributed by atoms with Crippen LogP contribution in [0.25, 0.3) is 10.9 Å². The Bertz CT molecular complexity index is 627. The number of hydrogen-bond acceptors (Lipinski definition) is 4. The van der Waals surface area contributed by atoms with Crippen LogP contribution in [0.5, 0.6) is 0 Å². The lowest BCUT2D eigenvalue weighted by atomic mass is 10.2. The summed E-state index contributed by atoms with van der Waals surface area (Å²) in [4.78, 5) is 0. The molecule has 5 heteroatoms. The normalized spacial score (nSPS) is 10.8. The van der Waals surface area contributed by atoms with Crippen LogP contribution < -0.4 is 11.1 Å². The van der Waals surface area contributed by atoms with Gasteiger partial charge in [-0.25, -0.2) is 0 Å². The Morgan fingerprint density at radius 3 is 3.18 bits per heavy atom. The topological polar surface area (TPSA) is 66.7 Å². The number of nitrogens with one attached hydrogen (secondary N) is 2. The molecule has 0 atom stereocenters. The van der Waals surface area contributed by atoms with Crippen molar-refractivity contribution < 1.29 is 0 Å². The number of nitrogens with two attached hydrogens (primary N) is 1. The Morgan fingerprint density at radius 1 is 1.41 bits per heavy atom. The summed E-state index contributed by atoms with van der Waals surface area (Å²) in [6, 6.07) is 6.02. The zero-order chi connectivity index (χ0) is 11.7. The first-order chi connectivity index (χ1) is 8.33. The maximum absolute atomic E-state index is 5.98. The van der Waals surface area contributed by atoms with Crippen molar-refractivity contribution in [3.63, 3.8) is 0 Å². The Kier molecular flexibility index (Phi) is 2.45. The van der Waals surface area contributed by atoms with E-state index in [1.165, 1.54) is 5.56 Å². The maximum atomic E-state index is 5.98. The van der Waals surface area contributed by atoms with Crippen molar-refractivity contribution in [3.05, 3.63) is 40.7 Å². The van der Waals surface area contributed by atoms with Crippen LogP contribution in [0.1, 0.15) is 5.56 Å². The van der Waals surface area contributed by atoms with E-state index in [4.69, 9.17) is 5.73 Å². The SMILES string of the molecule is Nc1cc2cn[nH]c2cc1NCc1ccsc1. The number of benzene rings is 1. The van der Waals surface area contributed by atoms with E-state index < -0.39 is 0 Å². The van der Waals surface area contributed by atoms with E-state index in [2.05, 4.69) is 32.3 Å². The summed E-state index contributed by atoms with van der Waals surface area (Å²) < 4.78 is 0. The minimum Gasteiger partial charge on any atom is -0.397 e. The average molecular weight is 244 g/mol. The lowest BCUT2D eigenvalue weighted by molar-refractivity contribution is 1.12. The molecule has 0 aliphatic heterocycles. The van der Waals surface area contributed by atoms with Crippen molar-refractivity contribution >= 4 is 33.6 Å². The maximum Gasteiger partial charge on any atom is 0.0672 e. The van der Waals surface area contributed by atoms with Gasteiger partial charge in [-0.2, -0.15) is 16.4 Å². The number of nitrogens with zero attached hydrogens (tertiary/aromatic N) is 1. The van der Waals surface area contributed by atoms with Gasteiger partial charge in [-0.1, -0.05) is 0 Å². The molecule has 0 fully saturated rings. The number of rotatable bonds is 3. The fourth-order valence-electron chi connectivity index (χ4n) is 1.75.